The van der Waals surface area contributed by atoms with E-state index in [9.17, 15) is 0 Å². The summed E-state index contributed by atoms with van der Waals surface area (Å²) < 4.78 is 11.3. The molecule has 132 valence electrons. The van der Waals surface area contributed by atoms with Crippen LogP contribution in [0.25, 0.3) is 0 Å². The molecule has 0 atom stereocenters. The van der Waals surface area contributed by atoms with E-state index in [0.29, 0.717) is 23.1 Å². The number of hydrazone groups is 1. The van der Waals surface area contributed by atoms with Crippen molar-refractivity contribution in [1.29, 1.82) is 0 Å². The topological polar surface area (TPSA) is 42.8 Å². The number of benzene rings is 3. The highest BCUT2D eigenvalue weighted by atomic mass is 35.5. The second kappa shape index (κ2) is 8.92. The first-order valence-electron chi connectivity index (χ1n) is 8.14. The normalized spacial score (nSPS) is 10.7. The fourth-order valence-corrected chi connectivity index (χ4v) is 2.45. The number of nitrogens with one attached hydrogen (secondary N) is 1. The van der Waals surface area contributed by atoms with Gasteiger partial charge in [0.2, 0.25) is 0 Å². The second-order valence-corrected chi connectivity index (χ2v) is 6.00. The minimum absolute atomic E-state index is 0.427. The lowest BCUT2D eigenvalue weighted by Crippen LogP contribution is -1.99. The first kappa shape index (κ1) is 17.8. The number of methoxy groups -OCH3 is 1. The van der Waals surface area contributed by atoms with E-state index in [4.69, 9.17) is 21.1 Å². The maximum atomic E-state index is 5.91. The molecular weight excluding hydrogens is 348 g/mol. The molecule has 0 saturated carbocycles. The lowest BCUT2D eigenvalue weighted by Gasteiger charge is -2.11. The Morgan fingerprint density at radius 3 is 2.46 bits per heavy atom. The van der Waals surface area contributed by atoms with Gasteiger partial charge >= 0.3 is 0 Å². The van der Waals surface area contributed by atoms with E-state index in [1.807, 2.05) is 72.8 Å². The SMILES string of the molecule is COc1ccc(/C=N/Nc2ccccc2)cc1OCc1ccc(Cl)cc1. The van der Waals surface area contributed by atoms with Crippen molar-refractivity contribution in [2.75, 3.05) is 12.5 Å². The Morgan fingerprint density at radius 1 is 0.962 bits per heavy atom. The summed E-state index contributed by atoms with van der Waals surface area (Å²) in [5, 5.41) is 4.95. The van der Waals surface area contributed by atoms with Crippen LogP contribution in [0.2, 0.25) is 5.02 Å². The lowest BCUT2D eigenvalue weighted by atomic mass is 10.2. The summed E-state index contributed by atoms with van der Waals surface area (Å²) in [6.45, 7) is 0.427. The van der Waals surface area contributed by atoms with Gasteiger partial charge in [-0.25, -0.2) is 0 Å². The maximum absolute atomic E-state index is 5.91. The van der Waals surface area contributed by atoms with Gasteiger partial charge < -0.3 is 9.47 Å². The average molecular weight is 367 g/mol. The predicted molar refractivity (Wildman–Crippen MR) is 106 cm³/mol. The molecule has 5 heteroatoms. The molecule has 0 saturated heterocycles. The molecule has 0 fully saturated rings. The molecule has 3 aromatic rings. The summed E-state index contributed by atoms with van der Waals surface area (Å²) in [4.78, 5) is 0. The van der Waals surface area contributed by atoms with E-state index < -0.39 is 0 Å². The number of hydrogen-bond donors (Lipinski definition) is 1. The van der Waals surface area contributed by atoms with E-state index in [1.54, 1.807) is 13.3 Å². The number of ether oxygens (including phenoxy) is 2. The molecule has 1 N–H and O–H groups in total. The van der Waals surface area contributed by atoms with Gasteiger partial charge in [0, 0.05) is 5.02 Å². The summed E-state index contributed by atoms with van der Waals surface area (Å²) in [5.74, 6) is 1.33. The van der Waals surface area contributed by atoms with E-state index >= 15 is 0 Å². The maximum Gasteiger partial charge on any atom is 0.162 e. The summed E-state index contributed by atoms with van der Waals surface area (Å²) >= 11 is 5.91. The smallest absolute Gasteiger partial charge is 0.162 e. The molecule has 0 aliphatic rings. The summed E-state index contributed by atoms with van der Waals surface area (Å²) in [7, 11) is 1.62. The molecule has 0 amide bonds. The molecular formula is C21H19ClN2O2. The number of para-hydroxylation sites is 1. The van der Waals surface area contributed by atoms with E-state index in [0.717, 1.165) is 16.8 Å². The van der Waals surface area contributed by atoms with Crippen LogP contribution in [0.5, 0.6) is 11.5 Å². The Balaban J connectivity index is 1.68. The van der Waals surface area contributed by atoms with Gasteiger partial charge in [0.1, 0.15) is 6.61 Å². The quantitative estimate of drug-likeness (QED) is 0.451. The fourth-order valence-electron chi connectivity index (χ4n) is 2.32. The largest absolute Gasteiger partial charge is 0.493 e. The molecule has 0 radical (unpaired) electrons. The van der Waals surface area contributed by atoms with Crippen LogP contribution in [0.15, 0.2) is 77.9 Å². The zero-order valence-corrected chi connectivity index (χ0v) is 15.1. The van der Waals surface area contributed by atoms with Crippen LogP contribution in [0.4, 0.5) is 5.69 Å². The van der Waals surface area contributed by atoms with Gasteiger partial charge in [-0.1, -0.05) is 41.9 Å². The van der Waals surface area contributed by atoms with Gasteiger partial charge in [0.05, 0.1) is 19.0 Å². The molecule has 26 heavy (non-hydrogen) atoms. The molecule has 0 aromatic heterocycles. The molecule has 0 unspecified atom stereocenters. The molecule has 3 rings (SSSR count). The van der Waals surface area contributed by atoms with Gasteiger partial charge in [0.15, 0.2) is 11.5 Å². The van der Waals surface area contributed by atoms with Crippen molar-refractivity contribution in [2.24, 2.45) is 5.10 Å². The third-order valence-corrected chi connectivity index (χ3v) is 3.93. The van der Waals surface area contributed by atoms with E-state index in [-0.39, 0.29) is 0 Å². The number of hydrogen-bond acceptors (Lipinski definition) is 4. The molecule has 0 spiro atoms. The third kappa shape index (κ3) is 5.01. The van der Waals surface area contributed by atoms with E-state index in [2.05, 4.69) is 10.5 Å². The van der Waals surface area contributed by atoms with Gasteiger partial charge in [-0.2, -0.15) is 5.10 Å². The standard InChI is InChI=1S/C21H19ClN2O2/c1-25-20-12-9-17(14-23-24-19-5-3-2-4-6-19)13-21(20)26-15-16-7-10-18(22)11-8-16/h2-14,24H,15H2,1H3/b23-14+. The average Bonchev–Trinajstić information content (AvgIpc) is 2.68. The molecule has 0 aliphatic heterocycles. The van der Waals surface area contributed by atoms with Crippen molar-refractivity contribution >= 4 is 23.5 Å². The van der Waals surface area contributed by atoms with Crippen molar-refractivity contribution in [3.05, 3.63) is 88.9 Å². The Bertz CT molecular complexity index is 865. The van der Waals surface area contributed by atoms with Crippen LogP contribution in [0.1, 0.15) is 11.1 Å². The van der Waals surface area contributed by atoms with Gasteiger partial charge in [-0.3, -0.25) is 5.43 Å². The van der Waals surface area contributed by atoms with E-state index in [1.165, 1.54) is 0 Å². The van der Waals surface area contributed by atoms with Crippen molar-refractivity contribution in [3.8, 4) is 11.5 Å². The number of nitrogens with zero attached hydrogens (tertiary/aromatic N) is 1. The molecule has 0 aliphatic carbocycles. The molecule has 3 aromatic carbocycles. The van der Waals surface area contributed by atoms with Crippen LogP contribution in [0, 0.1) is 0 Å². The molecule has 4 nitrogen and oxygen atoms in total. The first-order chi connectivity index (χ1) is 12.7. The predicted octanol–water partition coefficient (Wildman–Crippen LogP) is 5.37. The van der Waals surface area contributed by atoms with Crippen LogP contribution >= 0.6 is 11.6 Å². The zero-order chi connectivity index (χ0) is 18.2. The van der Waals surface area contributed by atoms with Crippen molar-refractivity contribution in [2.45, 2.75) is 6.61 Å². The first-order valence-corrected chi connectivity index (χ1v) is 8.52. The van der Waals surface area contributed by atoms with Gasteiger partial charge in [-0.05, 0) is 53.6 Å². The summed E-state index contributed by atoms with van der Waals surface area (Å²) in [6.07, 6.45) is 1.74. The summed E-state index contributed by atoms with van der Waals surface area (Å²) in [6, 6.07) is 23.0. The number of halogens is 1. The van der Waals surface area contributed by atoms with Crippen molar-refractivity contribution in [1.82, 2.24) is 0 Å². The minimum atomic E-state index is 0.427. The third-order valence-electron chi connectivity index (χ3n) is 3.68. The van der Waals surface area contributed by atoms with Gasteiger partial charge in [0.25, 0.3) is 0 Å². The van der Waals surface area contributed by atoms with Crippen molar-refractivity contribution < 1.29 is 9.47 Å². The van der Waals surface area contributed by atoms with Gasteiger partial charge in [-0.15, -0.1) is 0 Å². The highest BCUT2D eigenvalue weighted by Crippen LogP contribution is 2.28. The Morgan fingerprint density at radius 2 is 1.73 bits per heavy atom. The Kier molecular flexibility index (Phi) is 6.12. The highest BCUT2D eigenvalue weighted by molar-refractivity contribution is 6.30. The number of rotatable bonds is 7. The second-order valence-electron chi connectivity index (χ2n) is 5.56. The van der Waals surface area contributed by atoms with Crippen LogP contribution in [-0.2, 0) is 6.61 Å². The monoisotopic (exact) mass is 366 g/mol. The van der Waals surface area contributed by atoms with Crippen LogP contribution in [-0.4, -0.2) is 13.3 Å². The highest BCUT2D eigenvalue weighted by Gasteiger charge is 2.06. The summed E-state index contributed by atoms with van der Waals surface area (Å²) in [5.41, 5.74) is 5.85. The molecule has 0 heterocycles. The Labute approximate surface area is 158 Å². The van der Waals surface area contributed by atoms with Crippen LogP contribution in [0.3, 0.4) is 0 Å². The van der Waals surface area contributed by atoms with Crippen LogP contribution < -0.4 is 14.9 Å². The lowest BCUT2D eigenvalue weighted by molar-refractivity contribution is 0.284. The van der Waals surface area contributed by atoms with Crippen molar-refractivity contribution in [3.63, 3.8) is 0 Å². The molecule has 0 bridgehead atoms. The minimum Gasteiger partial charge on any atom is -0.493 e. The number of anilines is 1. The Hall–Kier alpha value is -2.98. The fraction of sp³-hybridized carbons (Fsp3) is 0.0952. The zero-order valence-electron chi connectivity index (χ0n) is 14.4.